The van der Waals surface area contributed by atoms with Gasteiger partial charge in [0.15, 0.2) is 0 Å². The summed E-state index contributed by atoms with van der Waals surface area (Å²) in [6.07, 6.45) is 5.24. The zero-order valence-corrected chi connectivity index (χ0v) is 9.47. The van der Waals surface area contributed by atoms with E-state index in [1.807, 2.05) is 17.9 Å². The van der Waals surface area contributed by atoms with Crippen LogP contribution >= 0.6 is 0 Å². The van der Waals surface area contributed by atoms with Gasteiger partial charge in [-0.3, -0.25) is 0 Å². The average Bonchev–Trinajstić information content (AvgIpc) is 2.35. The van der Waals surface area contributed by atoms with Gasteiger partial charge in [-0.1, -0.05) is 5.92 Å². The van der Waals surface area contributed by atoms with Gasteiger partial charge in [-0.05, 0) is 25.1 Å². The van der Waals surface area contributed by atoms with Crippen molar-refractivity contribution in [2.45, 2.75) is 6.92 Å². The Kier molecular flexibility index (Phi) is 4.14. The first kappa shape index (κ1) is 12.6. The van der Waals surface area contributed by atoms with E-state index in [9.17, 15) is 4.79 Å². The van der Waals surface area contributed by atoms with Crippen LogP contribution in [-0.4, -0.2) is 24.2 Å². The highest BCUT2D eigenvalue weighted by atomic mass is 16.4. The van der Waals surface area contributed by atoms with Crippen molar-refractivity contribution in [3.63, 3.8) is 0 Å². The van der Waals surface area contributed by atoms with Gasteiger partial charge in [0, 0.05) is 6.54 Å². The Morgan fingerprint density at radius 3 is 2.76 bits per heavy atom. The third kappa shape index (κ3) is 2.76. The summed E-state index contributed by atoms with van der Waals surface area (Å²) in [6, 6.07) is 6.43. The molecule has 0 saturated heterocycles. The molecule has 1 aromatic carbocycles. The molecule has 4 nitrogen and oxygen atoms in total. The van der Waals surface area contributed by atoms with E-state index in [1.54, 1.807) is 6.07 Å². The van der Waals surface area contributed by atoms with Crippen LogP contribution < -0.4 is 4.90 Å². The number of terminal acetylenes is 1. The summed E-state index contributed by atoms with van der Waals surface area (Å²) in [6.45, 7) is 2.96. The fourth-order valence-electron chi connectivity index (χ4n) is 1.51. The molecule has 1 rings (SSSR count). The van der Waals surface area contributed by atoms with Crippen LogP contribution in [0.3, 0.4) is 0 Å². The van der Waals surface area contributed by atoms with Gasteiger partial charge in [0.25, 0.3) is 0 Å². The fraction of sp³-hybridized carbons (Fsp3) is 0.231. The Labute approximate surface area is 100 Å². The molecule has 0 unspecified atom stereocenters. The minimum atomic E-state index is -1.05. The van der Waals surface area contributed by atoms with Gasteiger partial charge < -0.3 is 10.0 Å². The van der Waals surface area contributed by atoms with E-state index in [1.165, 1.54) is 12.1 Å². The molecule has 0 atom stereocenters. The van der Waals surface area contributed by atoms with Crippen molar-refractivity contribution in [2.75, 3.05) is 18.0 Å². The topological polar surface area (TPSA) is 64.3 Å². The second-order valence-electron chi connectivity index (χ2n) is 3.37. The van der Waals surface area contributed by atoms with E-state index in [2.05, 4.69) is 5.92 Å². The molecule has 0 fully saturated rings. The Morgan fingerprint density at radius 1 is 1.59 bits per heavy atom. The highest BCUT2D eigenvalue weighted by Gasteiger charge is 2.12. The number of anilines is 1. The van der Waals surface area contributed by atoms with Crippen LogP contribution in [0, 0.1) is 23.7 Å². The van der Waals surface area contributed by atoms with E-state index in [0.29, 0.717) is 24.3 Å². The lowest BCUT2D eigenvalue weighted by Gasteiger charge is -2.21. The maximum absolute atomic E-state index is 10.8. The van der Waals surface area contributed by atoms with Gasteiger partial charge in [0.1, 0.15) is 6.07 Å². The summed E-state index contributed by atoms with van der Waals surface area (Å²) < 4.78 is 0. The lowest BCUT2D eigenvalue weighted by molar-refractivity contribution is 0.0697. The van der Waals surface area contributed by atoms with Crippen LogP contribution in [0.15, 0.2) is 18.2 Å². The monoisotopic (exact) mass is 228 g/mol. The third-order valence-corrected chi connectivity index (χ3v) is 2.37. The number of benzene rings is 1. The van der Waals surface area contributed by atoms with Crippen LogP contribution in [0.1, 0.15) is 22.8 Å². The smallest absolute Gasteiger partial charge is 0.335 e. The Morgan fingerprint density at radius 2 is 2.29 bits per heavy atom. The molecule has 0 aliphatic rings. The van der Waals surface area contributed by atoms with E-state index in [0.717, 1.165) is 0 Å². The van der Waals surface area contributed by atoms with Crippen molar-refractivity contribution in [1.29, 1.82) is 5.26 Å². The summed E-state index contributed by atoms with van der Waals surface area (Å²) >= 11 is 0. The van der Waals surface area contributed by atoms with E-state index in [-0.39, 0.29) is 5.56 Å². The van der Waals surface area contributed by atoms with Gasteiger partial charge in [0.05, 0.1) is 23.4 Å². The number of rotatable bonds is 4. The molecule has 0 bridgehead atoms. The number of nitrogens with zero attached hydrogens (tertiary/aromatic N) is 2. The summed E-state index contributed by atoms with van der Waals surface area (Å²) in [5.74, 6) is 1.46. The van der Waals surface area contributed by atoms with Crippen molar-refractivity contribution < 1.29 is 9.90 Å². The Hall–Kier alpha value is -2.46. The summed E-state index contributed by atoms with van der Waals surface area (Å²) in [5.41, 5.74) is 1.09. The number of hydrogen-bond donors (Lipinski definition) is 1. The SMILES string of the molecule is C#CCN(CC)c1ccc(C(=O)O)cc1C#N. The van der Waals surface area contributed by atoms with Crippen LogP contribution in [0.5, 0.6) is 0 Å². The number of aromatic carboxylic acids is 1. The summed E-state index contributed by atoms with van der Waals surface area (Å²) in [5, 5.41) is 17.9. The molecule has 86 valence electrons. The maximum atomic E-state index is 10.8. The van der Waals surface area contributed by atoms with Crippen molar-refractivity contribution >= 4 is 11.7 Å². The fourth-order valence-corrected chi connectivity index (χ4v) is 1.51. The molecule has 0 spiro atoms. The number of nitriles is 1. The van der Waals surface area contributed by atoms with Crippen molar-refractivity contribution in [1.82, 2.24) is 0 Å². The number of carbonyl (C=O) groups is 1. The third-order valence-electron chi connectivity index (χ3n) is 2.37. The van der Waals surface area contributed by atoms with Crippen molar-refractivity contribution in [3.8, 4) is 18.4 Å². The van der Waals surface area contributed by atoms with Gasteiger partial charge >= 0.3 is 5.97 Å². The maximum Gasteiger partial charge on any atom is 0.335 e. The molecule has 0 aliphatic carbocycles. The Balaban J connectivity index is 3.22. The quantitative estimate of drug-likeness (QED) is 0.797. The van der Waals surface area contributed by atoms with Crippen molar-refractivity contribution in [2.24, 2.45) is 0 Å². The normalized spacial score (nSPS) is 9.12. The molecule has 0 heterocycles. The molecule has 0 aliphatic heterocycles. The second-order valence-corrected chi connectivity index (χ2v) is 3.37. The molecule has 0 aromatic heterocycles. The molecule has 0 amide bonds. The molecular formula is C13H12N2O2. The summed E-state index contributed by atoms with van der Waals surface area (Å²) in [4.78, 5) is 12.6. The first-order valence-corrected chi connectivity index (χ1v) is 5.09. The predicted octanol–water partition coefficient (Wildman–Crippen LogP) is 1.72. The summed E-state index contributed by atoms with van der Waals surface area (Å²) in [7, 11) is 0. The average molecular weight is 228 g/mol. The molecule has 0 radical (unpaired) electrons. The molecular weight excluding hydrogens is 216 g/mol. The molecule has 0 saturated carbocycles. The van der Waals surface area contributed by atoms with Crippen molar-refractivity contribution in [3.05, 3.63) is 29.3 Å². The standard InChI is InChI=1S/C13H12N2O2/c1-3-7-15(4-2)12-6-5-10(13(16)17)8-11(12)9-14/h1,5-6,8H,4,7H2,2H3,(H,16,17). The van der Waals surface area contributed by atoms with Crippen LogP contribution in [0.2, 0.25) is 0 Å². The molecule has 1 N–H and O–H groups in total. The minimum absolute atomic E-state index is 0.0991. The zero-order valence-electron chi connectivity index (χ0n) is 9.47. The lowest BCUT2D eigenvalue weighted by Crippen LogP contribution is -2.23. The number of hydrogen-bond acceptors (Lipinski definition) is 3. The first-order chi connectivity index (χ1) is 8.13. The molecule has 1 aromatic rings. The first-order valence-electron chi connectivity index (χ1n) is 5.09. The van der Waals surface area contributed by atoms with E-state index >= 15 is 0 Å². The largest absolute Gasteiger partial charge is 0.478 e. The molecule has 4 heteroatoms. The van der Waals surface area contributed by atoms with E-state index < -0.39 is 5.97 Å². The highest BCUT2D eigenvalue weighted by Crippen LogP contribution is 2.21. The second kappa shape index (κ2) is 5.58. The van der Waals surface area contributed by atoms with Crippen LogP contribution in [0.4, 0.5) is 5.69 Å². The van der Waals surface area contributed by atoms with Gasteiger partial charge in [0.2, 0.25) is 0 Å². The van der Waals surface area contributed by atoms with E-state index in [4.69, 9.17) is 16.8 Å². The lowest BCUT2D eigenvalue weighted by atomic mass is 10.1. The van der Waals surface area contributed by atoms with Crippen LogP contribution in [-0.2, 0) is 0 Å². The van der Waals surface area contributed by atoms with Gasteiger partial charge in [-0.2, -0.15) is 5.26 Å². The highest BCUT2D eigenvalue weighted by molar-refractivity contribution is 5.89. The van der Waals surface area contributed by atoms with Gasteiger partial charge in [-0.25, -0.2) is 4.79 Å². The predicted molar refractivity (Wildman–Crippen MR) is 64.8 cm³/mol. The molecule has 17 heavy (non-hydrogen) atoms. The zero-order chi connectivity index (χ0) is 12.8. The number of carboxylic acids is 1. The number of carboxylic acid groups (broad SMARTS) is 1. The Bertz CT molecular complexity index is 509. The van der Waals surface area contributed by atoms with Crippen LogP contribution in [0.25, 0.3) is 0 Å². The van der Waals surface area contributed by atoms with Gasteiger partial charge in [-0.15, -0.1) is 6.42 Å². The minimum Gasteiger partial charge on any atom is -0.478 e.